The summed E-state index contributed by atoms with van der Waals surface area (Å²) in [6.45, 7) is 1.83. The zero-order chi connectivity index (χ0) is 13.9. The molecule has 0 unspecified atom stereocenters. The van der Waals surface area contributed by atoms with Crippen molar-refractivity contribution in [2.75, 3.05) is 5.43 Å². The second-order valence-corrected chi connectivity index (χ2v) is 4.25. The van der Waals surface area contributed by atoms with Crippen molar-refractivity contribution in [1.29, 1.82) is 0 Å². The van der Waals surface area contributed by atoms with E-state index < -0.39 is 0 Å². The molecule has 0 atom stereocenters. The predicted molar refractivity (Wildman–Crippen MR) is 74.0 cm³/mol. The summed E-state index contributed by atoms with van der Waals surface area (Å²) in [5, 5.41) is 7.42. The maximum atomic E-state index is 11.9. The van der Waals surface area contributed by atoms with Gasteiger partial charge in [-0.15, -0.1) is 0 Å². The third-order valence-corrected chi connectivity index (χ3v) is 2.78. The number of H-pyrrole nitrogens is 1. The number of anilines is 1. The molecule has 0 radical (unpaired) electrons. The highest BCUT2D eigenvalue weighted by atomic mass is 16.2. The predicted octanol–water partition coefficient (Wildman–Crippen LogP) is 1.42. The summed E-state index contributed by atoms with van der Waals surface area (Å²) < 4.78 is 0. The van der Waals surface area contributed by atoms with E-state index in [1.54, 1.807) is 6.07 Å². The molecule has 0 aliphatic heterocycles. The fraction of sp³-hybridized carbons (Fsp3) is 0.0769. The molecule has 0 saturated carbocycles. The van der Waals surface area contributed by atoms with E-state index in [-0.39, 0.29) is 5.91 Å². The van der Waals surface area contributed by atoms with Gasteiger partial charge in [-0.1, -0.05) is 12.1 Å². The normalized spacial score (nSPS) is 10.4. The molecule has 0 fully saturated rings. The molecule has 3 aromatic rings. The number of fused-ring (bicyclic) bond motifs is 1. The molecule has 0 aliphatic rings. The van der Waals surface area contributed by atoms with Gasteiger partial charge in [0.25, 0.3) is 5.91 Å². The van der Waals surface area contributed by atoms with E-state index in [0.717, 1.165) is 16.6 Å². The van der Waals surface area contributed by atoms with Crippen LogP contribution < -0.4 is 10.9 Å². The number of aryl methyl sites for hydroxylation is 1. The second-order valence-electron chi connectivity index (χ2n) is 4.25. The molecule has 2 aromatic heterocycles. The average Bonchev–Trinajstić information content (AvgIpc) is 2.91. The SMILES string of the molecule is Cc1cc(C(=O)NNc2ncnc3ccccc23)n[nH]1. The van der Waals surface area contributed by atoms with Crippen LogP contribution >= 0.6 is 0 Å². The number of nitrogens with one attached hydrogen (secondary N) is 3. The first kappa shape index (κ1) is 12.1. The van der Waals surface area contributed by atoms with Crippen LogP contribution in [0.25, 0.3) is 10.9 Å². The van der Waals surface area contributed by atoms with E-state index in [4.69, 9.17) is 0 Å². The van der Waals surface area contributed by atoms with Crippen molar-refractivity contribution in [1.82, 2.24) is 25.6 Å². The monoisotopic (exact) mass is 268 g/mol. The molecule has 20 heavy (non-hydrogen) atoms. The van der Waals surface area contributed by atoms with Crippen LogP contribution in [0.5, 0.6) is 0 Å². The summed E-state index contributed by atoms with van der Waals surface area (Å²) in [5.74, 6) is 0.202. The van der Waals surface area contributed by atoms with Crippen LogP contribution in [0, 0.1) is 6.92 Å². The van der Waals surface area contributed by atoms with Crippen LogP contribution in [0.1, 0.15) is 16.2 Å². The van der Waals surface area contributed by atoms with Gasteiger partial charge in [-0.3, -0.25) is 20.7 Å². The zero-order valence-corrected chi connectivity index (χ0v) is 10.7. The van der Waals surface area contributed by atoms with E-state index in [9.17, 15) is 4.79 Å². The van der Waals surface area contributed by atoms with Gasteiger partial charge in [0.2, 0.25) is 0 Å². The molecule has 0 bridgehead atoms. The molecule has 0 aliphatic carbocycles. The molecule has 100 valence electrons. The number of rotatable bonds is 3. The standard InChI is InChI=1S/C13H12N6O/c1-8-6-11(17-16-8)13(20)19-18-12-9-4-2-3-5-10(9)14-7-15-12/h2-7H,1H3,(H,16,17)(H,19,20)(H,14,15,18). The maximum absolute atomic E-state index is 11.9. The summed E-state index contributed by atoms with van der Waals surface area (Å²) in [5.41, 5.74) is 7.29. The van der Waals surface area contributed by atoms with Crippen LogP contribution in [0.15, 0.2) is 36.7 Å². The Kier molecular flexibility index (Phi) is 3.00. The first-order valence-corrected chi connectivity index (χ1v) is 6.02. The first-order chi connectivity index (χ1) is 9.74. The lowest BCUT2D eigenvalue weighted by atomic mass is 10.2. The molecule has 2 heterocycles. The van der Waals surface area contributed by atoms with Crippen LogP contribution in [0.4, 0.5) is 5.82 Å². The maximum Gasteiger partial charge on any atom is 0.290 e. The number of carbonyl (C=O) groups is 1. The van der Waals surface area contributed by atoms with Crippen molar-refractivity contribution < 1.29 is 4.79 Å². The fourth-order valence-electron chi connectivity index (χ4n) is 1.82. The highest BCUT2D eigenvalue weighted by Gasteiger charge is 2.09. The number of hydrogen-bond acceptors (Lipinski definition) is 5. The van der Waals surface area contributed by atoms with Gasteiger partial charge in [0.1, 0.15) is 6.33 Å². The number of benzene rings is 1. The molecule has 0 spiro atoms. The van der Waals surface area contributed by atoms with Crippen LogP contribution in [-0.4, -0.2) is 26.1 Å². The lowest BCUT2D eigenvalue weighted by Crippen LogP contribution is -2.30. The Morgan fingerprint density at radius 2 is 2.10 bits per heavy atom. The van der Waals surface area contributed by atoms with E-state index >= 15 is 0 Å². The average molecular weight is 268 g/mol. The molecular weight excluding hydrogens is 256 g/mol. The molecule has 3 rings (SSSR count). The highest BCUT2D eigenvalue weighted by Crippen LogP contribution is 2.17. The van der Waals surface area contributed by atoms with Crippen LogP contribution in [-0.2, 0) is 0 Å². The van der Waals surface area contributed by atoms with Gasteiger partial charge in [-0.05, 0) is 25.1 Å². The summed E-state index contributed by atoms with van der Waals surface area (Å²) in [4.78, 5) is 20.1. The number of amides is 1. The number of carbonyl (C=O) groups excluding carboxylic acids is 1. The van der Waals surface area contributed by atoms with Crippen molar-refractivity contribution in [2.24, 2.45) is 0 Å². The van der Waals surface area contributed by atoms with Gasteiger partial charge >= 0.3 is 0 Å². The van der Waals surface area contributed by atoms with Crippen molar-refractivity contribution in [3.8, 4) is 0 Å². The number of aromatic nitrogens is 4. The third-order valence-electron chi connectivity index (χ3n) is 2.78. The zero-order valence-electron chi connectivity index (χ0n) is 10.7. The number of nitrogens with zero attached hydrogens (tertiary/aromatic N) is 3. The summed E-state index contributed by atoms with van der Waals surface area (Å²) in [6, 6.07) is 9.19. The van der Waals surface area contributed by atoms with Crippen LogP contribution in [0.3, 0.4) is 0 Å². The minimum Gasteiger partial charge on any atom is -0.282 e. The van der Waals surface area contributed by atoms with Gasteiger partial charge in [-0.2, -0.15) is 5.10 Å². The number of para-hydroxylation sites is 1. The second kappa shape index (κ2) is 4.96. The molecule has 1 aromatic carbocycles. The Morgan fingerprint density at radius 3 is 2.90 bits per heavy atom. The topological polar surface area (TPSA) is 95.6 Å². The molecule has 0 saturated heterocycles. The van der Waals surface area contributed by atoms with Gasteiger partial charge in [0.15, 0.2) is 11.5 Å². The lowest BCUT2D eigenvalue weighted by molar-refractivity contribution is 0.0957. The Labute approximate surface area is 114 Å². The van der Waals surface area contributed by atoms with Crippen molar-refractivity contribution in [2.45, 2.75) is 6.92 Å². The van der Waals surface area contributed by atoms with Gasteiger partial charge in [0, 0.05) is 11.1 Å². The summed E-state index contributed by atoms with van der Waals surface area (Å²) >= 11 is 0. The molecular formula is C13H12N6O. The largest absolute Gasteiger partial charge is 0.290 e. The highest BCUT2D eigenvalue weighted by molar-refractivity contribution is 5.94. The Hall–Kier alpha value is -2.96. The van der Waals surface area contributed by atoms with Gasteiger partial charge in [0.05, 0.1) is 5.52 Å². The fourth-order valence-corrected chi connectivity index (χ4v) is 1.82. The smallest absolute Gasteiger partial charge is 0.282 e. The van der Waals surface area contributed by atoms with E-state index in [1.807, 2.05) is 31.2 Å². The van der Waals surface area contributed by atoms with Gasteiger partial charge < -0.3 is 0 Å². The Bertz CT molecular complexity index is 761. The van der Waals surface area contributed by atoms with Crippen molar-refractivity contribution in [3.63, 3.8) is 0 Å². The summed E-state index contributed by atoms with van der Waals surface area (Å²) in [7, 11) is 0. The molecule has 1 amide bonds. The van der Waals surface area contributed by atoms with Crippen molar-refractivity contribution in [3.05, 3.63) is 48.0 Å². The molecule has 7 heteroatoms. The molecule has 7 nitrogen and oxygen atoms in total. The quantitative estimate of drug-likeness (QED) is 0.624. The Balaban J connectivity index is 1.79. The third kappa shape index (κ3) is 2.28. The minimum atomic E-state index is -0.336. The van der Waals surface area contributed by atoms with Gasteiger partial charge in [-0.25, -0.2) is 9.97 Å². The van der Waals surface area contributed by atoms with Crippen LogP contribution in [0.2, 0.25) is 0 Å². The van der Waals surface area contributed by atoms with E-state index in [2.05, 4.69) is 31.0 Å². The number of hydrazine groups is 1. The lowest BCUT2D eigenvalue weighted by Gasteiger charge is -2.08. The van der Waals surface area contributed by atoms with E-state index in [1.165, 1.54) is 6.33 Å². The van der Waals surface area contributed by atoms with Crippen molar-refractivity contribution >= 4 is 22.6 Å². The Morgan fingerprint density at radius 1 is 1.25 bits per heavy atom. The number of hydrogen-bond donors (Lipinski definition) is 3. The number of aromatic amines is 1. The summed E-state index contributed by atoms with van der Waals surface area (Å²) in [6.07, 6.45) is 1.44. The minimum absolute atomic E-state index is 0.313. The molecule has 3 N–H and O–H groups in total. The first-order valence-electron chi connectivity index (χ1n) is 6.02. The van der Waals surface area contributed by atoms with E-state index in [0.29, 0.717) is 11.5 Å².